The van der Waals surface area contributed by atoms with E-state index in [2.05, 4.69) is 18.1 Å². The maximum atomic E-state index is 11.6. The fourth-order valence-electron chi connectivity index (χ4n) is 1.52. The largest absolute Gasteiger partial charge is 0.537 e. The number of hydrogen-bond donors (Lipinski definition) is 5. The first-order chi connectivity index (χ1) is 9.96. The lowest BCUT2D eigenvalue weighted by Gasteiger charge is -2.15. The smallest absolute Gasteiger partial charge is 0.387 e. The van der Waals surface area contributed by atoms with Crippen LogP contribution in [0.2, 0.25) is 0 Å². The number of hydrogen-bond acceptors (Lipinski definition) is 6. The number of benzene rings is 1. The summed E-state index contributed by atoms with van der Waals surface area (Å²) in [6, 6.07) is 8.00. The van der Waals surface area contributed by atoms with E-state index in [-0.39, 0.29) is 5.88 Å². The third-order valence-corrected chi connectivity index (χ3v) is 5.89. The molecular weight excluding hydrogens is 363 g/mol. The molecule has 0 fully saturated rings. The first-order valence-corrected chi connectivity index (χ1v) is 9.89. The van der Waals surface area contributed by atoms with Gasteiger partial charge in [0.15, 0.2) is 0 Å². The number of aromatic amines is 1. The van der Waals surface area contributed by atoms with Crippen LogP contribution >= 0.6 is 23.5 Å². The van der Waals surface area contributed by atoms with Crippen LogP contribution in [-0.4, -0.2) is 24.6 Å². The second-order valence-corrected chi connectivity index (χ2v) is 8.25. The van der Waals surface area contributed by atoms with E-state index in [9.17, 15) is 18.6 Å². The Morgan fingerprint density at radius 3 is 2.14 bits per heavy atom. The number of para-hydroxylation sites is 1. The van der Waals surface area contributed by atoms with Gasteiger partial charge in [0.2, 0.25) is 5.88 Å². The molecule has 0 amide bonds. The summed E-state index contributed by atoms with van der Waals surface area (Å²) in [5, 5.41) is 0.621. The number of nitrogens with one attached hydrogen (secondary N) is 1. The van der Waals surface area contributed by atoms with Gasteiger partial charge in [-0.25, -0.2) is 13.7 Å². The van der Waals surface area contributed by atoms with Gasteiger partial charge in [-0.2, -0.15) is 8.62 Å². The number of rotatable bonds is 6. The highest BCUT2D eigenvalue weighted by molar-refractivity contribution is 7.66. The highest BCUT2D eigenvalue weighted by atomic mass is 31.3. The predicted molar refractivity (Wildman–Crippen MR) is 72.8 cm³/mol. The zero-order chi connectivity index (χ0) is 16.6. The van der Waals surface area contributed by atoms with E-state index in [1.807, 2.05) is 0 Å². The van der Waals surface area contributed by atoms with Gasteiger partial charge in [0, 0.05) is 17.0 Å². The Balaban J connectivity index is 2.15. The molecule has 1 heterocycles. The average molecular weight is 373 g/mol. The molecule has 0 bridgehead atoms. The monoisotopic (exact) mass is 373 g/mol. The number of phosphoric acid groups is 3. The minimum Gasteiger partial charge on any atom is -0.387 e. The lowest BCUT2D eigenvalue weighted by Crippen LogP contribution is -1.98. The van der Waals surface area contributed by atoms with Crippen molar-refractivity contribution in [2.75, 3.05) is 0 Å². The summed E-state index contributed by atoms with van der Waals surface area (Å²) in [4.78, 5) is 37.7. The maximum absolute atomic E-state index is 11.6. The zero-order valence-corrected chi connectivity index (χ0v) is 13.2. The molecule has 2 atom stereocenters. The number of phosphoric ester groups is 1. The molecule has 0 saturated heterocycles. The highest BCUT2D eigenvalue weighted by Crippen LogP contribution is 2.66. The Morgan fingerprint density at radius 1 is 0.909 bits per heavy atom. The average Bonchev–Trinajstić information content (AvgIpc) is 2.63. The molecular formula is C8H10NO10P3. The van der Waals surface area contributed by atoms with Crippen LogP contribution in [0.5, 0.6) is 5.88 Å². The Kier molecular flexibility index (Phi) is 4.66. The fraction of sp³-hybridized carbons (Fsp3) is 0. The molecule has 0 radical (unpaired) electrons. The second kappa shape index (κ2) is 5.90. The maximum Gasteiger partial charge on any atom is 0.537 e. The van der Waals surface area contributed by atoms with Crippen molar-refractivity contribution in [2.45, 2.75) is 0 Å². The molecule has 1 aromatic heterocycles. The number of fused-ring (bicyclic) bond motifs is 1. The summed E-state index contributed by atoms with van der Waals surface area (Å²) in [5.74, 6) is -0.261. The first-order valence-electron chi connectivity index (χ1n) is 5.37. The molecule has 5 N–H and O–H groups in total. The van der Waals surface area contributed by atoms with Crippen molar-refractivity contribution in [3.8, 4) is 5.88 Å². The van der Waals surface area contributed by atoms with Crippen LogP contribution < -0.4 is 4.52 Å². The molecule has 11 nitrogen and oxygen atoms in total. The summed E-state index contributed by atoms with van der Waals surface area (Å²) in [7, 11) is -16.1. The van der Waals surface area contributed by atoms with Gasteiger partial charge in [0.05, 0.1) is 0 Å². The lowest BCUT2D eigenvalue weighted by atomic mass is 10.3. The summed E-state index contributed by atoms with van der Waals surface area (Å²) >= 11 is 0. The Morgan fingerprint density at radius 2 is 1.55 bits per heavy atom. The minimum absolute atomic E-state index is 0.261. The lowest BCUT2D eigenvalue weighted by molar-refractivity contribution is 0.206. The molecule has 0 saturated carbocycles. The van der Waals surface area contributed by atoms with Gasteiger partial charge >= 0.3 is 23.5 Å². The summed E-state index contributed by atoms with van der Waals surface area (Å²) < 4.78 is 44.9. The second-order valence-electron chi connectivity index (χ2n) is 3.90. The molecule has 0 aliphatic rings. The third kappa shape index (κ3) is 5.03. The number of aromatic nitrogens is 1. The predicted octanol–water partition coefficient (Wildman–Crippen LogP) is 1.87. The molecule has 122 valence electrons. The number of H-pyrrole nitrogens is 1. The minimum atomic E-state index is -5.52. The van der Waals surface area contributed by atoms with Crippen LogP contribution in [0, 0.1) is 0 Å². The normalized spacial score (nSPS) is 17.8. The van der Waals surface area contributed by atoms with Gasteiger partial charge in [0.25, 0.3) is 0 Å². The van der Waals surface area contributed by atoms with E-state index in [1.54, 1.807) is 24.3 Å². The van der Waals surface area contributed by atoms with Gasteiger partial charge in [0.1, 0.15) is 0 Å². The van der Waals surface area contributed by atoms with Crippen LogP contribution in [0.1, 0.15) is 0 Å². The molecule has 2 rings (SSSR count). The van der Waals surface area contributed by atoms with Gasteiger partial charge in [-0.15, -0.1) is 0 Å². The van der Waals surface area contributed by atoms with Crippen molar-refractivity contribution >= 4 is 34.4 Å². The van der Waals surface area contributed by atoms with Crippen molar-refractivity contribution in [2.24, 2.45) is 0 Å². The third-order valence-electron chi connectivity index (χ3n) is 2.13. The van der Waals surface area contributed by atoms with E-state index in [0.29, 0.717) is 10.9 Å². The molecule has 2 unspecified atom stereocenters. The molecule has 22 heavy (non-hydrogen) atoms. The summed E-state index contributed by atoms with van der Waals surface area (Å²) in [6.45, 7) is 0. The van der Waals surface area contributed by atoms with Crippen LogP contribution in [-0.2, 0) is 22.3 Å². The topological polar surface area (TPSA) is 176 Å². The zero-order valence-electron chi connectivity index (χ0n) is 10.5. The van der Waals surface area contributed by atoms with E-state index in [1.165, 1.54) is 6.07 Å². The SMILES string of the molecule is O=P(O)(O)OP(=O)(O)OP(=O)(O)Oc1cc2ccccc2[nH]1. The molecule has 2 aromatic rings. The van der Waals surface area contributed by atoms with Gasteiger partial charge in [-0.05, 0) is 6.07 Å². The van der Waals surface area contributed by atoms with E-state index < -0.39 is 23.5 Å². The van der Waals surface area contributed by atoms with E-state index in [4.69, 9.17) is 14.7 Å². The van der Waals surface area contributed by atoms with Crippen molar-refractivity contribution in [3.05, 3.63) is 30.3 Å². The van der Waals surface area contributed by atoms with E-state index in [0.717, 1.165) is 0 Å². The Labute approximate surface area is 122 Å². The van der Waals surface area contributed by atoms with Gasteiger partial charge in [-0.1, -0.05) is 18.2 Å². The van der Waals surface area contributed by atoms with Crippen molar-refractivity contribution in [1.29, 1.82) is 0 Å². The van der Waals surface area contributed by atoms with Crippen LogP contribution in [0.3, 0.4) is 0 Å². The molecule has 14 heteroatoms. The standard InChI is InChI=1S/C8H10NO10P3/c10-20(11,12)18-22(15,16)19-21(13,14)17-8-5-6-3-1-2-4-7(6)9-8/h1-5,9H,(H,13,14)(H,15,16)(H2,10,11,12). The summed E-state index contributed by atoms with van der Waals surface area (Å²) in [5.41, 5.74) is 0.552. The Hall–Kier alpha value is -0.990. The van der Waals surface area contributed by atoms with Crippen LogP contribution in [0.15, 0.2) is 30.3 Å². The first kappa shape index (κ1) is 17.4. The van der Waals surface area contributed by atoms with Crippen molar-refractivity contribution in [3.63, 3.8) is 0 Å². The fourth-order valence-corrected chi connectivity index (χ4v) is 4.50. The highest BCUT2D eigenvalue weighted by Gasteiger charge is 2.41. The van der Waals surface area contributed by atoms with Gasteiger partial charge < -0.3 is 24.2 Å². The molecule has 1 aromatic carbocycles. The molecule has 0 aliphatic heterocycles. The van der Waals surface area contributed by atoms with Crippen LogP contribution in [0.4, 0.5) is 0 Å². The summed E-state index contributed by atoms with van der Waals surface area (Å²) in [6.07, 6.45) is 0. The van der Waals surface area contributed by atoms with Crippen molar-refractivity contribution in [1.82, 2.24) is 4.98 Å². The van der Waals surface area contributed by atoms with Crippen LogP contribution in [0.25, 0.3) is 10.9 Å². The van der Waals surface area contributed by atoms with Crippen molar-refractivity contribution < 1.29 is 46.4 Å². The van der Waals surface area contributed by atoms with E-state index >= 15 is 0 Å². The molecule has 0 spiro atoms. The van der Waals surface area contributed by atoms with Gasteiger partial charge in [-0.3, -0.25) is 4.89 Å². The quantitative estimate of drug-likeness (QED) is 0.470. The Bertz CT molecular complexity index is 791. The molecule has 0 aliphatic carbocycles.